The molecule has 0 aromatic heterocycles. The summed E-state index contributed by atoms with van der Waals surface area (Å²) in [6.07, 6.45) is 6.64. The molecule has 0 amide bonds. The Bertz CT molecular complexity index is 916. The number of nitrogen functional groups attached to an aromatic ring is 1. The molecule has 0 aliphatic heterocycles. The van der Waals surface area contributed by atoms with Crippen molar-refractivity contribution < 1.29 is 0 Å². The summed E-state index contributed by atoms with van der Waals surface area (Å²) < 4.78 is 0. The van der Waals surface area contributed by atoms with Gasteiger partial charge in [0.15, 0.2) is 0 Å². The third kappa shape index (κ3) is 7.55. The highest BCUT2D eigenvalue weighted by atomic mass is 14.5. The molecule has 30 heavy (non-hydrogen) atoms. The Hall–Kier alpha value is -2.80. The molecule has 1 nitrogen and oxygen atoms in total. The molecule has 0 fully saturated rings. The summed E-state index contributed by atoms with van der Waals surface area (Å²) in [5.41, 5.74) is 12.1. The van der Waals surface area contributed by atoms with E-state index >= 15 is 0 Å². The van der Waals surface area contributed by atoms with Gasteiger partial charge in [0.2, 0.25) is 0 Å². The van der Waals surface area contributed by atoms with Crippen LogP contribution in [0.5, 0.6) is 0 Å². The molecule has 0 aliphatic rings. The zero-order valence-corrected chi connectivity index (χ0v) is 19.2. The van der Waals surface area contributed by atoms with Crippen LogP contribution in [0.1, 0.15) is 75.6 Å². The van der Waals surface area contributed by atoms with Crippen LogP contribution in [0.3, 0.4) is 0 Å². The smallest absolute Gasteiger partial charge is 0.0319 e. The minimum atomic E-state index is 0.331. The second-order valence-corrected chi connectivity index (χ2v) is 8.74. The first kappa shape index (κ1) is 23.5. The number of anilines is 1. The summed E-state index contributed by atoms with van der Waals surface area (Å²) in [5.74, 6) is 0.418. The van der Waals surface area contributed by atoms with Gasteiger partial charge >= 0.3 is 0 Å². The van der Waals surface area contributed by atoms with Crippen LogP contribution in [0.15, 0.2) is 78.9 Å². The van der Waals surface area contributed by atoms with E-state index in [1.54, 1.807) is 0 Å². The number of nitrogens with two attached hydrogens (primary N) is 1. The van der Waals surface area contributed by atoms with Gasteiger partial charge in [-0.2, -0.15) is 0 Å². The predicted molar refractivity (Wildman–Crippen MR) is 135 cm³/mol. The molecule has 1 heteroatoms. The summed E-state index contributed by atoms with van der Waals surface area (Å²) >= 11 is 0. The van der Waals surface area contributed by atoms with E-state index in [0.29, 0.717) is 11.3 Å². The van der Waals surface area contributed by atoms with Gasteiger partial charge < -0.3 is 5.73 Å². The van der Waals surface area contributed by atoms with Gasteiger partial charge in [0.25, 0.3) is 0 Å². The second kappa shape index (κ2) is 11.4. The molecule has 3 aromatic rings. The van der Waals surface area contributed by atoms with Crippen molar-refractivity contribution in [3.05, 3.63) is 101 Å². The minimum Gasteiger partial charge on any atom is -0.399 e. The van der Waals surface area contributed by atoms with E-state index in [4.69, 9.17) is 5.73 Å². The van der Waals surface area contributed by atoms with Gasteiger partial charge in [-0.05, 0) is 52.6 Å². The molecule has 0 radical (unpaired) electrons. The van der Waals surface area contributed by atoms with E-state index in [1.807, 2.05) is 32.0 Å². The van der Waals surface area contributed by atoms with Crippen molar-refractivity contribution in [2.45, 2.75) is 53.4 Å². The maximum Gasteiger partial charge on any atom is 0.0319 e. The van der Waals surface area contributed by atoms with Crippen LogP contribution in [0.25, 0.3) is 12.2 Å². The normalized spacial score (nSPS) is 12.3. The largest absolute Gasteiger partial charge is 0.399 e. The zero-order chi connectivity index (χ0) is 22.0. The molecule has 0 aliphatic carbocycles. The summed E-state index contributed by atoms with van der Waals surface area (Å²) in [6, 6.07) is 27.8. The number of rotatable bonds is 6. The van der Waals surface area contributed by atoms with E-state index < -0.39 is 0 Å². The predicted octanol–water partition coefficient (Wildman–Crippen LogP) is 8.42. The maximum atomic E-state index is 5.89. The molecule has 2 N–H and O–H groups in total. The van der Waals surface area contributed by atoms with Crippen LogP contribution in [-0.4, -0.2) is 0 Å². The first-order chi connectivity index (χ1) is 14.4. The van der Waals surface area contributed by atoms with Crippen molar-refractivity contribution in [3.8, 4) is 0 Å². The Kier molecular flexibility index (Phi) is 8.92. The fourth-order valence-electron chi connectivity index (χ4n) is 3.52. The SMILES string of the molecule is CC.CC(C)(C)CCC(c1ccccc1)c1cccc(/C=C\c2cccc(N)c2)c1. The molecule has 0 saturated carbocycles. The lowest BCUT2D eigenvalue weighted by Crippen LogP contribution is -2.09. The standard InChI is InChI=1S/C27H31N.C2H6/c1-27(2,3)18-17-26(23-11-5-4-6-12-23)24-13-7-9-21(19-24)15-16-22-10-8-14-25(28)20-22;1-2/h4-16,19-20,26H,17-18,28H2,1-3H3;1-2H3/b16-15-;. The highest BCUT2D eigenvalue weighted by molar-refractivity contribution is 5.71. The Morgan fingerprint density at radius 3 is 1.90 bits per heavy atom. The fourth-order valence-corrected chi connectivity index (χ4v) is 3.52. The third-order valence-electron chi connectivity index (χ3n) is 5.08. The minimum absolute atomic E-state index is 0.331. The van der Waals surface area contributed by atoms with E-state index in [-0.39, 0.29) is 0 Å². The highest BCUT2D eigenvalue weighted by Crippen LogP contribution is 2.34. The van der Waals surface area contributed by atoms with Crippen molar-refractivity contribution in [2.24, 2.45) is 5.41 Å². The van der Waals surface area contributed by atoms with Crippen molar-refractivity contribution in [1.29, 1.82) is 0 Å². The lowest BCUT2D eigenvalue weighted by atomic mass is 9.81. The second-order valence-electron chi connectivity index (χ2n) is 8.74. The van der Waals surface area contributed by atoms with E-state index in [9.17, 15) is 0 Å². The van der Waals surface area contributed by atoms with Gasteiger partial charge in [-0.25, -0.2) is 0 Å². The lowest BCUT2D eigenvalue weighted by molar-refractivity contribution is 0.356. The third-order valence-corrected chi connectivity index (χ3v) is 5.08. The molecule has 0 bridgehead atoms. The Labute approximate surface area is 183 Å². The number of benzene rings is 3. The molecule has 1 unspecified atom stereocenters. The van der Waals surface area contributed by atoms with Gasteiger partial charge in [0.1, 0.15) is 0 Å². The molecule has 3 aromatic carbocycles. The van der Waals surface area contributed by atoms with E-state index in [1.165, 1.54) is 23.1 Å². The van der Waals surface area contributed by atoms with E-state index in [2.05, 4.69) is 93.6 Å². The molecule has 1 atom stereocenters. The first-order valence-electron chi connectivity index (χ1n) is 11.1. The van der Waals surface area contributed by atoms with Crippen LogP contribution >= 0.6 is 0 Å². The quantitative estimate of drug-likeness (QED) is 0.327. The topological polar surface area (TPSA) is 26.0 Å². The average Bonchev–Trinajstić information content (AvgIpc) is 2.74. The Balaban J connectivity index is 0.00000155. The van der Waals surface area contributed by atoms with E-state index in [0.717, 1.165) is 17.7 Å². The van der Waals surface area contributed by atoms with Gasteiger partial charge in [-0.3, -0.25) is 0 Å². The van der Waals surface area contributed by atoms with Crippen molar-refractivity contribution in [2.75, 3.05) is 5.73 Å². The van der Waals surface area contributed by atoms with Crippen LogP contribution in [-0.2, 0) is 0 Å². The van der Waals surface area contributed by atoms with Gasteiger partial charge in [-0.1, -0.05) is 114 Å². The highest BCUT2D eigenvalue weighted by Gasteiger charge is 2.18. The fraction of sp³-hybridized carbons (Fsp3) is 0.310. The van der Waals surface area contributed by atoms with Gasteiger partial charge in [0, 0.05) is 11.6 Å². The Morgan fingerprint density at radius 1 is 0.733 bits per heavy atom. The zero-order valence-electron chi connectivity index (χ0n) is 19.2. The summed E-state index contributed by atoms with van der Waals surface area (Å²) in [7, 11) is 0. The Morgan fingerprint density at radius 2 is 1.30 bits per heavy atom. The molecular formula is C29H37N. The van der Waals surface area contributed by atoms with Crippen molar-refractivity contribution >= 4 is 17.8 Å². The number of hydrogen-bond donors (Lipinski definition) is 1. The lowest BCUT2D eigenvalue weighted by Gasteiger charge is -2.24. The van der Waals surface area contributed by atoms with Crippen LogP contribution in [0.4, 0.5) is 5.69 Å². The maximum absolute atomic E-state index is 5.89. The average molecular weight is 400 g/mol. The first-order valence-corrected chi connectivity index (χ1v) is 11.1. The van der Waals surface area contributed by atoms with Crippen molar-refractivity contribution in [1.82, 2.24) is 0 Å². The van der Waals surface area contributed by atoms with Crippen LogP contribution in [0, 0.1) is 5.41 Å². The molecule has 0 saturated heterocycles. The monoisotopic (exact) mass is 399 g/mol. The molecular weight excluding hydrogens is 362 g/mol. The molecule has 0 spiro atoms. The number of hydrogen-bond acceptors (Lipinski definition) is 1. The van der Waals surface area contributed by atoms with Crippen molar-refractivity contribution in [3.63, 3.8) is 0 Å². The summed E-state index contributed by atoms with van der Waals surface area (Å²) in [5, 5.41) is 0. The van der Waals surface area contributed by atoms with Crippen LogP contribution in [0.2, 0.25) is 0 Å². The summed E-state index contributed by atoms with van der Waals surface area (Å²) in [4.78, 5) is 0. The summed E-state index contributed by atoms with van der Waals surface area (Å²) in [6.45, 7) is 11.0. The van der Waals surface area contributed by atoms with Crippen LogP contribution < -0.4 is 5.73 Å². The van der Waals surface area contributed by atoms with Gasteiger partial charge in [0.05, 0.1) is 0 Å². The molecule has 0 heterocycles. The molecule has 158 valence electrons. The molecule has 3 rings (SSSR count). The van der Waals surface area contributed by atoms with Gasteiger partial charge in [-0.15, -0.1) is 0 Å².